The highest BCUT2D eigenvalue weighted by Crippen LogP contribution is 2.12. The second-order valence-corrected chi connectivity index (χ2v) is 5.30. The molecular weight excluding hydrogens is 300 g/mol. The summed E-state index contributed by atoms with van der Waals surface area (Å²) in [5.41, 5.74) is 1.79. The van der Waals surface area contributed by atoms with Crippen molar-refractivity contribution in [1.29, 1.82) is 0 Å². The Bertz CT molecular complexity index is 680. The number of rotatable bonds is 6. The summed E-state index contributed by atoms with van der Waals surface area (Å²) in [5, 5.41) is 0. The molecule has 1 heterocycles. The lowest BCUT2D eigenvalue weighted by molar-refractivity contribution is 0.0443. The van der Waals surface area contributed by atoms with Crippen molar-refractivity contribution >= 4 is 0 Å². The van der Waals surface area contributed by atoms with E-state index in [9.17, 15) is 0 Å². The maximum atomic E-state index is 5.85. The lowest BCUT2D eigenvalue weighted by Gasteiger charge is -2.26. The molecule has 126 valence electrons. The van der Waals surface area contributed by atoms with Crippen molar-refractivity contribution in [3.63, 3.8) is 0 Å². The largest absolute Gasteiger partial charge is 0.497 e. The van der Waals surface area contributed by atoms with Crippen molar-refractivity contribution in [2.45, 2.75) is 27.0 Å². The van der Waals surface area contributed by atoms with Crippen LogP contribution in [0.2, 0.25) is 0 Å². The van der Waals surface area contributed by atoms with Crippen LogP contribution in [0.3, 0.4) is 0 Å². The normalized spacial score (nSPS) is 11.5. The monoisotopic (exact) mass is 324 g/mol. The molecule has 1 aromatic carbocycles. The van der Waals surface area contributed by atoms with E-state index in [2.05, 4.69) is 35.6 Å². The highest BCUT2D eigenvalue weighted by Gasteiger charge is 2.11. The fourth-order valence-corrected chi connectivity index (χ4v) is 2.33. The average Bonchev–Trinajstić information content (AvgIpc) is 2.62. The van der Waals surface area contributed by atoms with Crippen LogP contribution in [0, 0.1) is 11.8 Å². The van der Waals surface area contributed by atoms with Gasteiger partial charge in [0.1, 0.15) is 5.75 Å². The third-order valence-corrected chi connectivity index (χ3v) is 3.80. The Morgan fingerprint density at radius 1 is 1.00 bits per heavy atom. The summed E-state index contributed by atoms with van der Waals surface area (Å²) >= 11 is 0. The molecule has 0 bridgehead atoms. The Morgan fingerprint density at radius 2 is 1.62 bits per heavy atom. The molecule has 1 atom stereocenters. The first-order chi connectivity index (χ1) is 11.7. The molecule has 1 unspecified atom stereocenters. The predicted molar refractivity (Wildman–Crippen MR) is 96.2 cm³/mol. The van der Waals surface area contributed by atoms with Gasteiger partial charge in [-0.25, -0.2) is 4.98 Å². The average molecular weight is 324 g/mol. The summed E-state index contributed by atoms with van der Waals surface area (Å²) in [4.78, 5) is 6.56. The lowest BCUT2D eigenvalue weighted by atomic mass is 10.2. The van der Waals surface area contributed by atoms with Crippen molar-refractivity contribution in [2.24, 2.45) is 0 Å². The van der Waals surface area contributed by atoms with Crippen molar-refractivity contribution in [3.8, 4) is 23.5 Å². The van der Waals surface area contributed by atoms with E-state index in [1.165, 1.54) is 0 Å². The van der Waals surface area contributed by atoms with E-state index in [0.717, 1.165) is 30.0 Å². The van der Waals surface area contributed by atoms with Gasteiger partial charge in [0.25, 0.3) is 0 Å². The quantitative estimate of drug-likeness (QED) is 0.601. The van der Waals surface area contributed by atoms with Crippen molar-refractivity contribution < 1.29 is 9.47 Å². The highest BCUT2D eigenvalue weighted by molar-refractivity contribution is 5.43. The molecule has 0 saturated heterocycles. The van der Waals surface area contributed by atoms with Crippen LogP contribution in [0.15, 0.2) is 42.6 Å². The Labute approximate surface area is 144 Å². The molecule has 0 amide bonds. The standard InChI is InChI=1S/C20H24N2O2/c1-5-22(6-2)16(3)24-20-14-11-18(15-21-20)8-7-17-9-12-19(23-4)13-10-17/h9-16H,5-6H2,1-4H3. The van der Waals surface area contributed by atoms with Crippen LogP contribution in [-0.2, 0) is 0 Å². The zero-order chi connectivity index (χ0) is 17.4. The van der Waals surface area contributed by atoms with Gasteiger partial charge in [-0.3, -0.25) is 4.90 Å². The second-order valence-electron chi connectivity index (χ2n) is 5.30. The third-order valence-electron chi connectivity index (χ3n) is 3.80. The van der Waals surface area contributed by atoms with Crippen molar-refractivity contribution in [1.82, 2.24) is 9.88 Å². The number of methoxy groups -OCH3 is 1. The number of pyridine rings is 1. The fourth-order valence-electron chi connectivity index (χ4n) is 2.33. The minimum Gasteiger partial charge on any atom is -0.497 e. The van der Waals surface area contributed by atoms with Crippen LogP contribution in [0.4, 0.5) is 0 Å². The third kappa shape index (κ3) is 5.00. The van der Waals surface area contributed by atoms with Gasteiger partial charge in [-0.05, 0) is 50.3 Å². The number of benzene rings is 1. The fraction of sp³-hybridized carbons (Fsp3) is 0.350. The van der Waals surface area contributed by atoms with Gasteiger partial charge in [-0.2, -0.15) is 0 Å². The van der Waals surface area contributed by atoms with E-state index in [-0.39, 0.29) is 6.23 Å². The Balaban J connectivity index is 2.00. The summed E-state index contributed by atoms with van der Waals surface area (Å²) in [6.45, 7) is 8.17. The molecule has 2 rings (SSSR count). The minimum absolute atomic E-state index is 0.00346. The van der Waals surface area contributed by atoms with Crippen LogP contribution < -0.4 is 9.47 Å². The Kier molecular flexibility index (Phi) is 6.65. The number of nitrogens with zero attached hydrogens (tertiary/aromatic N) is 2. The molecule has 0 aliphatic carbocycles. The molecule has 0 spiro atoms. The lowest BCUT2D eigenvalue weighted by Crippen LogP contribution is -2.37. The van der Waals surface area contributed by atoms with Crippen molar-refractivity contribution in [3.05, 3.63) is 53.7 Å². The molecule has 1 aromatic heterocycles. The maximum absolute atomic E-state index is 5.85. The minimum atomic E-state index is 0.00346. The topological polar surface area (TPSA) is 34.6 Å². The summed E-state index contributed by atoms with van der Waals surface area (Å²) in [6.07, 6.45) is 1.74. The molecule has 0 radical (unpaired) electrons. The van der Waals surface area contributed by atoms with Crippen LogP contribution in [-0.4, -0.2) is 36.3 Å². The molecule has 0 aliphatic rings. The van der Waals surface area contributed by atoms with Gasteiger partial charge in [-0.1, -0.05) is 25.7 Å². The number of aromatic nitrogens is 1. The highest BCUT2D eigenvalue weighted by atomic mass is 16.5. The van der Waals surface area contributed by atoms with Gasteiger partial charge in [0.05, 0.1) is 7.11 Å². The van der Waals surface area contributed by atoms with E-state index >= 15 is 0 Å². The molecule has 0 N–H and O–H groups in total. The summed E-state index contributed by atoms with van der Waals surface area (Å²) in [6, 6.07) is 11.4. The second kappa shape index (κ2) is 8.95. The summed E-state index contributed by atoms with van der Waals surface area (Å²) in [5.74, 6) is 7.66. The van der Waals surface area contributed by atoms with E-state index in [0.29, 0.717) is 5.88 Å². The molecule has 0 aliphatic heterocycles. The van der Waals surface area contributed by atoms with E-state index < -0.39 is 0 Å². The van der Waals surface area contributed by atoms with Crippen LogP contribution in [0.1, 0.15) is 31.9 Å². The molecular formula is C20H24N2O2. The van der Waals surface area contributed by atoms with Crippen molar-refractivity contribution in [2.75, 3.05) is 20.2 Å². The molecule has 4 heteroatoms. The molecule has 2 aromatic rings. The predicted octanol–water partition coefficient (Wildman–Crippen LogP) is 3.56. The zero-order valence-corrected chi connectivity index (χ0v) is 14.7. The van der Waals surface area contributed by atoms with Crippen LogP contribution in [0.25, 0.3) is 0 Å². The Hall–Kier alpha value is -2.51. The molecule has 4 nitrogen and oxygen atoms in total. The first-order valence-corrected chi connectivity index (χ1v) is 8.19. The maximum Gasteiger partial charge on any atom is 0.214 e. The number of ether oxygens (including phenoxy) is 2. The SMILES string of the molecule is CCN(CC)C(C)Oc1ccc(C#Cc2ccc(OC)cc2)cn1. The zero-order valence-electron chi connectivity index (χ0n) is 14.7. The smallest absolute Gasteiger partial charge is 0.214 e. The van der Waals surface area contributed by atoms with Gasteiger partial charge >= 0.3 is 0 Å². The van der Waals surface area contributed by atoms with Crippen LogP contribution >= 0.6 is 0 Å². The molecule has 0 saturated carbocycles. The number of hydrogen-bond acceptors (Lipinski definition) is 4. The van der Waals surface area contributed by atoms with Gasteiger partial charge in [0.2, 0.25) is 5.88 Å². The van der Waals surface area contributed by atoms with Gasteiger partial charge in [0.15, 0.2) is 6.23 Å². The van der Waals surface area contributed by atoms with E-state index in [1.807, 2.05) is 43.3 Å². The van der Waals surface area contributed by atoms with Gasteiger partial charge in [-0.15, -0.1) is 0 Å². The first-order valence-electron chi connectivity index (χ1n) is 8.19. The molecule has 24 heavy (non-hydrogen) atoms. The Morgan fingerprint density at radius 3 is 2.17 bits per heavy atom. The summed E-state index contributed by atoms with van der Waals surface area (Å²) < 4.78 is 11.0. The van der Waals surface area contributed by atoms with E-state index in [1.54, 1.807) is 13.3 Å². The van der Waals surface area contributed by atoms with Gasteiger partial charge < -0.3 is 9.47 Å². The number of hydrogen-bond donors (Lipinski definition) is 0. The van der Waals surface area contributed by atoms with E-state index in [4.69, 9.17) is 9.47 Å². The molecule has 0 fully saturated rings. The summed E-state index contributed by atoms with van der Waals surface area (Å²) in [7, 11) is 1.65. The van der Waals surface area contributed by atoms with Gasteiger partial charge in [0, 0.05) is 23.4 Å². The van der Waals surface area contributed by atoms with Crippen LogP contribution in [0.5, 0.6) is 11.6 Å². The first kappa shape index (κ1) is 17.8.